The number of anilines is 1. The van der Waals surface area contributed by atoms with Gasteiger partial charge in [-0.2, -0.15) is 0 Å². The summed E-state index contributed by atoms with van der Waals surface area (Å²) in [6, 6.07) is 16.9. The molecular formula is C33H44N4O2. The van der Waals surface area contributed by atoms with Crippen molar-refractivity contribution in [1.82, 2.24) is 9.88 Å². The van der Waals surface area contributed by atoms with E-state index in [2.05, 4.69) is 69.6 Å². The van der Waals surface area contributed by atoms with Gasteiger partial charge in [0.25, 0.3) is 0 Å². The average Bonchev–Trinajstić information content (AvgIpc) is 3.53. The Morgan fingerprint density at radius 2 is 1.85 bits per heavy atom. The van der Waals surface area contributed by atoms with Crippen molar-refractivity contribution < 1.29 is 10.2 Å². The molecule has 3 unspecified atom stereocenters. The molecule has 0 amide bonds. The van der Waals surface area contributed by atoms with Crippen molar-refractivity contribution in [2.75, 3.05) is 31.5 Å². The van der Waals surface area contributed by atoms with E-state index in [1.54, 1.807) is 0 Å². The molecule has 0 saturated heterocycles. The fourth-order valence-electron chi connectivity index (χ4n) is 5.08. The maximum Gasteiger partial charge on any atom is 0.114 e. The van der Waals surface area contributed by atoms with Crippen molar-refractivity contribution in [1.29, 1.82) is 0 Å². The summed E-state index contributed by atoms with van der Waals surface area (Å²) < 4.78 is 2.18. The Bertz CT molecular complexity index is 1220. The number of aliphatic hydroxyl groups excluding tert-OH is 2. The summed E-state index contributed by atoms with van der Waals surface area (Å²) in [5.74, 6) is 5.46. The Morgan fingerprint density at radius 3 is 2.64 bits per heavy atom. The van der Waals surface area contributed by atoms with E-state index in [1.165, 1.54) is 27.7 Å². The van der Waals surface area contributed by atoms with E-state index >= 15 is 0 Å². The highest BCUT2D eigenvalue weighted by Gasteiger charge is 2.20. The van der Waals surface area contributed by atoms with Crippen molar-refractivity contribution in [3.63, 3.8) is 0 Å². The zero-order valence-electron chi connectivity index (χ0n) is 23.0. The van der Waals surface area contributed by atoms with E-state index in [4.69, 9.17) is 18.6 Å². The lowest BCUT2D eigenvalue weighted by atomic mass is 9.98. The quantitative estimate of drug-likeness (QED) is 0.159. The molecule has 208 valence electrons. The minimum atomic E-state index is -0.573. The number of unbranched alkanes of at least 4 members (excludes halogenated alkanes) is 1. The minimum absolute atomic E-state index is 0.412. The summed E-state index contributed by atoms with van der Waals surface area (Å²) in [5, 5.41) is 27.1. The van der Waals surface area contributed by atoms with Crippen LogP contribution in [0, 0.1) is 24.7 Å². The smallest absolute Gasteiger partial charge is 0.114 e. The summed E-state index contributed by atoms with van der Waals surface area (Å²) in [4.78, 5) is 0. The van der Waals surface area contributed by atoms with Crippen LogP contribution in [0.3, 0.4) is 0 Å². The van der Waals surface area contributed by atoms with Crippen LogP contribution in [0.5, 0.6) is 0 Å². The number of rotatable bonds is 14. The second kappa shape index (κ2) is 16.6. The van der Waals surface area contributed by atoms with E-state index in [0.717, 1.165) is 51.9 Å². The fraction of sp³-hybridized carbons (Fsp3) is 0.455. The Morgan fingerprint density at radius 1 is 1.05 bits per heavy atom. The summed E-state index contributed by atoms with van der Waals surface area (Å²) in [6.45, 7) is 4.51. The first kappa shape index (κ1) is 30.3. The number of nitrogens with one attached hydrogen (secondary N) is 2. The Balaban J connectivity index is 0.000000216. The number of fused-ring (bicyclic) bond motifs is 2. The second-order valence-electron chi connectivity index (χ2n) is 10.1. The van der Waals surface area contributed by atoms with Gasteiger partial charge in [0.2, 0.25) is 0 Å². The highest BCUT2D eigenvalue weighted by Crippen LogP contribution is 2.32. The molecular weight excluding hydrogens is 484 g/mol. The van der Waals surface area contributed by atoms with Gasteiger partial charge in [0.15, 0.2) is 0 Å². The van der Waals surface area contributed by atoms with Crippen molar-refractivity contribution >= 4 is 16.6 Å². The van der Waals surface area contributed by atoms with E-state index in [9.17, 15) is 10.2 Å². The van der Waals surface area contributed by atoms with Crippen LogP contribution in [0.4, 0.5) is 5.69 Å². The number of hydrogen-bond donors (Lipinski definition) is 5. The summed E-state index contributed by atoms with van der Waals surface area (Å²) in [6.07, 6.45) is 17.3. The number of benzene rings is 2. The van der Waals surface area contributed by atoms with Gasteiger partial charge in [0.05, 0.1) is 6.10 Å². The number of terminal acetylenes is 2. The first-order chi connectivity index (χ1) is 19.1. The fourth-order valence-corrected chi connectivity index (χ4v) is 5.08. The van der Waals surface area contributed by atoms with Gasteiger partial charge in [0, 0.05) is 48.2 Å². The average molecular weight is 529 g/mol. The number of hydrogen-bond acceptors (Lipinski definition) is 5. The third-order valence-corrected chi connectivity index (χ3v) is 7.22. The number of para-hydroxylation sites is 2. The predicted octanol–water partition coefficient (Wildman–Crippen LogP) is 4.26. The second-order valence-corrected chi connectivity index (χ2v) is 10.1. The molecule has 1 aliphatic heterocycles. The monoisotopic (exact) mass is 528 g/mol. The molecule has 0 bridgehead atoms. The topological polar surface area (TPSA) is 95.5 Å². The van der Waals surface area contributed by atoms with Gasteiger partial charge < -0.3 is 31.1 Å². The predicted molar refractivity (Wildman–Crippen MR) is 163 cm³/mol. The Labute approximate surface area is 234 Å². The molecule has 1 aliphatic rings. The molecule has 0 aliphatic carbocycles. The molecule has 6 heteroatoms. The Hall–Kier alpha value is -3.26. The summed E-state index contributed by atoms with van der Waals surface area (Å²) in [7, 11) is 0. The van der Waals surface area contributed by atoms with Crippen LogP contribution in [-0.2, 0) is 13.0 Å². The molecule has 6 N–H and O–H groups in total. The number of aromatic nitrogens is 1. The molecule has 3 aromatic rings. The van der Waals surface area contributed by atoms with E-state index in [0.29, 0.717) is 31.7 Å². The van der Waals surface area contributed by atoms with Gasteiger partial charge in [-0.1, -0.05) is 42.3 Å². The van der Waals surface area contributed by atoms with Gasteiger partial charge in [-0.25, -0.2) is 0 Å². The van der Waals surface area contributed by atoms with Crippen LogP contribution in [0.15, 0.2) is 54.7 Å². The standard InChI is InChI=1S/C17H24N2O.C16H20N2O/c1-2-15(20)7-5-6-11-18-12-10-14-13-19-17-9-4-3-8-16(14)17;1-2-5-14(19)9-11-18-12-13(8-10-17)15-6-3-4-7-16(15)18/h1,3-4,8-9,14-15,18-20H,5-7,10-13H2;1,3-4,6-7,12,14,19H,5,8-11,17H2. The maximum absolute atomic E-state index is 9.72. The number of aliphatic hydroxyl groups is 2. The van der Waals surface area contributed by atoms with Gasteiger partial charge in [-0.05, 0) is 81.4 Å². The zero-order chi connectivity index (χ0) is 27.9. The summed E-state index contributed by atoms with van der Waals surface area (Å²) in [5.41, 5.74) is 10.9. The van der Waals surface area contributed by atoms with Crippen LogP contribution in [0.1, 0.15) is 55.6 Å². The van der Waals surface area contributed by atoms with E-state index in [-0.39, 0.29) is 0 Å². The number of nitrogens with two attached hydrogens (primary N) is 1. The molecule has 4 rings (SSSR count). The minimum Gasteiger partial charge on any atom is -0.392 e. The summed E-state index contributed by atoms with van der Waals surface area (Å²) >= 11 is 0. The van der Waals surface area contributed by atoms with Crippen LogP contribution in [0.25, 0.3) is 10.9 Å². The first-order valence-corrected chi connectivity index (χ1v) is 14.1. The maximum atomic E-state index is 9.72. The third kappa shape index (κ3) is 9.46. The molecule has 0 radical (unpaired) electrons. The molecule has 2 heterocycles. The number of nitrogens with zero attached hydrogens (tertiary/aromatic N) is 1. The largest absolute Gasteiger partial charge is 0.392 e. The number of aryl methyl sites for hydroxylation is 1. The van der Waals surface area contributed by atoms with E-state index in [1.807, 2.05) is 12.1 Å². The van der Waals surface area contributed by atoms with Crippen LogP contribution in [-0.4, -0.2) is 53.2 Å². The normalized spacial score (nSPS) is 15.4. The van der Waals surface area contributed by atoms with Crippen molar-refractivity contribution in [2.24, 2.45) is 5.73 Å². The lowest BCUT2D eigenvalue weighted by molar-refractivity contribution is 0.164. The highest BCUT2D eigenvalue weighted by molar-refractivity contribution is 5.84. The first-order valence-electron chi connectivity index (χ1n) is 14.1. The molecule has 1 aromatic heterocycles. The molecule has 0 saturated carbocycles. The molecule has 2 aromatic carbocycles. The van der Waals surface area contributed by atoms with Crippen LogP contribution >= 0.6 is 0 Å². The molecule has 6 nitrogen and oxygen atoms in total. The molecule has 0 spiro atoms. The van der Waals surface area contributed by atoms with Crippen molar-refractivity contribution in [3.8, 4) is 24.7 Å². The molecule has 3 atom stereocenters. The molecule has 39 heavy (non-hydrogen) atoms. The van der Waals surface area contributed by atoms with Crippen LogP contribution < -0.4 is 16.4 Å². The zero-order valence-corrected chi connectivity index (χ0v) is 23.0. The van der Waals surface area contributed by atoms with Gasteiger partial charge in [-0.15, -0.1) is 18.8 Å². The highest BCUT2D eigenvalue weighted by atomic mass is 16.3. The molecule has 0 fully saturated rings. The van der Waals surface area contributed by atoms with Gasteiger partial charge >= 0.3 is 0 Å². The van der Waals surface area contributed by atoms with Crippen molar-refractivity contribution in [2.45, 2.75) is 69.6 Å². The SMILES string of the molecule is C#CC(O)CCCCNCCC1CNc2ccccc21.C#CCC(O)CCn1cc(CCN)c2ccccc21. The van der Waals surface area contributed by atoms with Crippen molar-refractivity contribution in [3.05, 3.63) is 65.9 Å². The third-order valence-electron chi connectivity index (χ3n) is 7.22. The van der Waals surface area contributed by atoms with E-state index < -0.39 is 12.2 Å². The lowest BCUT2D eigenvalue weighted by Gasteiger charge is -2.11. The van der Waals surface area contributed by atoms with Gasteiger partial charge in [-0.3, -0.25) is 0 Å². The Kier molecular flexibility index (Phi) is 12.9. The van der Waals surface area contributed by atoms with Gasteiger partial charge in [0.1, 0.15) is 6.10 Å². The van der Waals surface area contributed by atoms with Crippen LogP contribution in [0.2, 0.25) is 0 Å². The lowest BCUT2D eigenvalue weighted by Crippen LogP contribution is -2.19.